The number of aromatic amines is 1. The molecule has 4 rings (SSSR count). The van der Waals surface area contributed by atoms with Gasteiger partial charge in [0.05, 0.1) is 13.4 Å². The van der Waals surface area contributed by atoms with Crippen LogP contribution in [0.1, 0.15) is 22.9 Å². The third-order valence-electron chi connectivity index (χ3n) is 4.26. The van der Waals surface area contributed by atoms with Gasteiger partial charge in [0.1, 0.15) is 23.4 Å². The number of furan rings is 1. The first kappa shape index (κ1) is 15.3. The largest absolute Gasteiger partial charge is 0.497 e. The molecule has 0 amide bonds. The van der Waals surface area contributed by atoms with Gasteiger partial charge in [-0.25, -0.2) is 4.98 Å². The van der Waals surface area contributed by atoms with Gasteiger partial charge in [-0.3, -0.25) is 0 Å². The highest BCUT2D eigenvalue weighted by Gasteiger charge is 2.21. The second kappa shape index (κ2) is 6.36. The fraction of sp³-hybridized carbons (Fsp3) is 0.150. The van der Waals surface area contributed by atoms with Crippen molar-refractivity contribution in [1.29, 1.82) is 0 Å². The lowest BCUT2D eigenvalue weighted by Gasteiger charge is -2.17. The van der Waals surface area contributed by atoms with Gasteiger partial charge in [-0.1, -0.05) is 6.07 Å². The first-order valence-electron chi connectivity index (χ1n) is 8.12. The van der Waals surface area contributed by atoms with Gasteiger partial charge in [-0.2, -0.15) is 0 Å². The van der Waals surface area contributed by atoms with E-state index in [9.17, 15) is 0 Å². The number of nitrogens with zero attached hydrogens (tertiary/aromatic N) is 1. The van der Waals surface area contributed by atoms with Crippen LogP contribution in [0.25, 0.3) is 10.9 Å². The summed E-state index contributed by atoms with van der Waals surface area (Å²) in [4.78, 5) is 7.78. The number of benzene rings is 1. The third kappa shape index (κ3) is 2.96. The Hall–Kier alpha value is -3.21. The van der Waals surface area contributed by atoms with Crippen molar-refractivity contribution in [3.63, 3.8) is 0 Å². The topological polar surface area (TPSA) is 63.1 Å². The van der Waals surface area contributed by atoms with Gasteiger partial charge < -0.3 is 19.5 Å². The highest BCUT2D eigenvalue weighted by atomic mass is 16.5. The molecule has 1 atom stereocenters. The van der Waals surface area contributed by atoms with Crippen LogP contribution in [-0.4, -0.2) is 17.1 Å². The summed E-state index contributed by atoms with van der Waals surface area (Å²) < 4.78 is 11.1. The standard InChI is InChI=1S/C20H19N3O2/c1-13-5-8-19(22-11-13)23-20(18-4-3-9-25-18)16-12-21-17-7-6-14(24-2)10-15(16)17/h3-12,20-21H,1-2H3,(H,22,23). The van der Waals surface area contributed by atoms with E-state index in [1.54, 1.807) is 13.4 Å². The van der Waals surface area contributed by atoms with E-state index in [0.29, 0.717) is 0 Å². The van der Waals surface area contributed by atoms with Gasteiger partial charge in [0.2, 0.25) is 0 Å². The van der Waals surface area contributed by atoms with Gasteiger partial charge in [0, 0.05) is 28.9 Å². The van der Waals surface area contributed by atoms with Crippen LogP contribution < -0.4 is 10.1 Å². The van der Waals surface area contributed by atoms with Crippen LogP contribution in [0.5, 0.6) is 5.75 Å². The smallest absolute Gasteiger partial charge is 0.130 e. The number of pyridine rings is 1. The van der Waals surface area contributed by atoms with Gasteiger partial charge in [-0.15, -0.1) is 0 Å². The third-order valence-corrected chi connectivity index (χ3v) is 4.26. The molecule has 0 bridgehead atoms. The molecule has 126 valence electrons. The van der Waals surface area contributed by atoms with Crippen molar-refractivity contribution in [2.45, 2.75) is 13.0 Å². The Kier molecular flexibility index (Phi) is 3.90. The maximum atomic E-state index is 5.69. The summed E-state index contributed by atoms with van der Waals surface area (Å²) in [5.74, 6) is 2.44. The minimum atomic E-state index is -0.161. The number of ether oxygens (including phenoxy) is 1. The second-order valence-corrected chi connectivity index (χ2v) is 5.97. The van der Waals surface area contributed by atoms with Crippen molar-refractivity contribution in [2.75, 3.05) is 12.4 Å². The molecule has 3 heterocycles. The average Bonchev–Trinajstić information content (AvgIpc) is 3.31. The summed E-state index contributed by atoms with van der Waals surface area (Å²) in [6.07, 6.45) is 5.53. The first-order chi connectivity index (χ1) is 12.2. The number of methoxy groups -OCH3 is 1. The molecule has 0 aliphatic carbocycles. The Balaban J connectivity index is 1.79. The lowest BCUT2D eigenvalue weighted by molar-refractivity contribution is 0.415. The van der Waals surface area contributed by atoms with E-state index in [0.717, 1.165) is 39.4 Å². The van der Waals surface area contributed by atoms with E-state index < -0.39 is 0 Å². The van der Waals surface area contributed by atoms with Crippen molar-refractivity contribution in [2.24, 2.45) is 0 Å². The highest BCUT2D eigenvalue weighted by molar-refractivity contribution is 5.86. The molecule has 4 aromatic rings. The van der Waals surface area contributed by atoms with Crippen LogP contribution in [0.4, 0.5) is 5.82 Å². The van der Waals surface area contributed by atoms with E-state index in [2.05, 4.69) is 15.3 Å². The predicted molar refractivity (Wildman–Crippen MR) is 98.0 cm³/mol. The molecule has 0 fully saturated rings. The van der Waals surface area contributed by atoms with Crippen LogP contribution in [0.15, 0.2) is 65.5 Å². The molecule has 2 N–H and O–H groups in total. The molecule has 0 radical (unpaired) electrons. The number of hydrogen-bond acceptors (Lipinski definition) is 4. The summed E-state index contributed by atoms with van der Waals surface area (Å²) in [7, 11) is 1.67. The number of hydrogen-bond donors (Lipinski definition) is 2. The second-order valence-electron chi connectivity index (χ2n) is 5.97. The van der Waals surface area contributed by atoms with Crippen LogP contribution in [0, 0.1) is 6.92 Å². The van der Waals surface area contributed by atoms with Crippen molar-refractivity contribution in [3.8, 4) is 5.75 Å². The SMILES string of the molecule is COc1ccc2[nH]cc(C(Nc3ccc(C)cn3)c3ccco3)c2c1. The minimum Gasteiger partial charge on any atom is -0.497 e. The maximum absolute atomic E-state index is 5.69. The average molecular weight is 333 g/mol. The van der Waals surface area contributed by atoms with Crippen LogP contribution >= 0.6 is 0 Å². The zero-order valence-electron chi connectivity index (χ0n) is 14.1. The van der Waals surface area contributed by atoms with Crippen molar-refractivity contribution in [1.82, 2.24) is 9.97 Å². The number of aromatic nitrogens is 2. The Labute approximate surface area is 145 Å². The van der Waals surface area contributed by atoms with Crippen molar-refractivity contribution >= 4 is 16.7 Å². The van der Waals surface area contributed by atoms with E-state index in [-0.39, 0.29) is 6.04 Å². The summed E-state index contributed by atoms with van der Waals surface area (Å²) in [5, 5.41) is 4.56. The molecule has 3 aromatic heterocycles. The number of aryl methyl sites for hydroxylation is 1. The van der Waals surface area contributed by atoms with Gasteiger partial charge in [0.25, 0.3) is 0 Å². The molecule has 0 saturated carbocycles. The number of nitrogens with one attached hydrogen (secondary N) is 2. The van der Waals surface area contributed by atoms with Crippen LogP contribution in [0.2, 0.25) is 0 Å². The zero-order chi connectivity index (χ0) is 17.2. The summed E-state index contributed by atoms with van der Waals surface area (Å²) in [6, 6.07) is 13.7. The molecule has 5 heteroatoms. The fourth-order valence-corrected chi connectivity index (χ4v) is 2.95. The van der Waals surface area contributed by atoms with E-state index >= 15 is 0 Å². The molecule has 0 saturated heterocycles. The monoisotopic (exact) mass is 333 g/mol. The number of fused-ring (bicyclic) bond motifs is 1. The highest BCUT2D eigenvalue weighted by Crippen LogP contribution is 2.33. The Bertz CT molecular complexity index is 972. The van der Waals surface area contributed by atoms with Gasteiger partial charge in [0.15, 0.2) is 0 Å². The quantitative estimate of drug-likeness (QED) is 0.557. The molecule has 5 nitrogen and oxygen atoms in total. The molecule has 1 aromatic carbocycles. The number of H-pyrrole nitrogens is 1. The first-order valence-corrected chi connectivity index (χ1v) is 8.12. The normalized spacial score (nSPS) is 12.2. The Morgan fingerprint density at radius 2 is 2.12 bits per heavy atom. The summed E-state index contributed by atoms with van der Waals surface area (Å²) >= 11 is 0. The van der Waals surface area contributed by atoms with E-state index in [4.69, 9.17) is 9.15 Å². The number of anilines is 1. The molecule has 0 spiro atoms. The molecule has 25 heavy (non-hydrogen) atoms. The summed E-state index contributed by atoms with van der Waals surface area (Å²) in [6.45, 7) is 2.02. The molecular formula is C20H19N3O2. The molecule has 1 unspecified atom stereocenters. The van der Waals surface area contributed by atoms with Crippen molar-refractivity contribution in [3.05, 3.63) is 78.0 Å². The molecule has 0 aliphatic rings. The lowest BCUT2D eigenvalue weighted by Crippen LogP contribution is -2.12. The van der Waals surface area contributed by atoms with E-state index in [1.165, 1.54) is 0 Å². The van der Waals surface area contributed by atoms with Crippen LogP contribution in [0.3, 0.4) is 0 Å². The lowest BCUT2D eigenvalue weighted by atomic mass is 10.0. The van der Waals surface area contributed by atoms with Crippen LogP contribution in [-0.2, 0) is 0 Å². The Morgan fingerprint density at radius 3 is 2.84 bits per heavy atom. The number of rotatable bonds is 5. The van der Waals surface area contributed by atoms with Gasteiger partial charge >= 0.3 is 0 Å². The zero-order valence-corrected chi connectivity index (χ0v) is 14.1. The molecule has 0 aliphatic heterocycles. The minimum absolute atomic E-state index is 0.161. The predicted octanol–water partition coefficient (Wildman–Crippen LogP) is 4.67. The fourth-order valence-electron chi connectivity index (χ4n) is 2.95. The Morgan fingerprint density at radius 1 is 1.20 bits per heavy atom. The van der Waals surface area contributed by atoms with Crippen molar-refractivity contribution < 1.29 is 9.15 Å². The summed E-state index contributed by atoms with van der Waals surface area (Å²) in [5.41, 5.74) is 3.24. The van der Waals surface area contributed by atoms with E-state index in [1.807, 2.05) is 61.8 Å². The van der Waals surface area contributed by atoms with Gasteiger partial charge in [-0.05, 0) is 48.9 Å². The molecular weight excluding hydrogens is 314 g/mol. The maximum Gasteiger partial charge on any atom is 0.130 e.